The van der Waals surface area contributed by atoms with Crippen LogP contribution < -0.4 is 5.32 Å². The maximum absolute atomic E-state index is 12.4. The summed E-state index contributed by atoms with van der Waals surface area (Å²) in [7, 11) is 1.32. The Morgan fingerprint density at radius 2 is 1.75 bits per heavy atom. The first kappa shape index (κ1) is 19.9. The molecule has 1 aromatic heterocycles. The van der Waals surface area contributed by atoms with E-state index in [1.165, 1.54) is 24.5 Å². The normalized spacial score (nSPS) is 10.8. The van der Waals surface area contributed by atoms with E-state index in [9.17, 15) is 9.59 Å². The van der Waals surface area contributed by atoms with E-state index in [0.717, 1.165) is 22.3 Å². The number of esters is 1. The zero-order valence-electron chi connectivity index (χ0n) is 15.4. The van der Waals surface area contributed by atoms with Gasteiger partial charge in [0.2, 0.25) is 5.91 Å². The number of anilines is 1. The molecule has 0 fully saturated rings. The average molecular weight is 412 g/mol. The lowest BCUT2D eigenvalue weighted by molar-refractivity contribution is -0.111. The zero-order valence-corrected chi connectivity index (χ0v) is 16.9. The van der Waals surface area contributed by atoms with Crippen molar-refractivity contribution >= 4 is 45.9 Å². The number of rotatable bonds is 5. The molecule has 0 bridgehead atoms. The van der Waals surface area contributed by atoms with Crippen LogP contribution in [-0.4, -0.2) is 19.0 Å². The average Bonchev–Trinajstić information content (AvgIpc) is 3.11. The molecule has 0 atom stereocenters. The van der Waals surface area contributed by atoms with Gasteiger partial charge in [-0.3, -0.25) is 4.79 Å². The van der Waals surface area contributed by atoms with Gasteiger partial charge >= 0.3 is 5.97 Å². The predicted molar refractivity (Wildman–Crippen MR) is 115 cm³/mol. The van der Waals surface area contributed by atoms with Crippen molar-refractivity contribution in [1.82, 2.24) is 0 Å². The van der Waals surface area contributed by atoms with Crippen molar-refractivity contribution in [3.8, 4) is 11.1 Å². The van der Waals surface area contributed by atoms with Crippen LogP contribution in [0.2, 0.25) is 5.02 Å². The van der Waals surface area contributed by atoms with Gasteiger partial charge in [-0.25, -0.2) is 4.79 Å². The van der Waals surface area contributed by atoms with E-state index in [1.807, 2.05) is 48.7 Å². The summed E-state index contributed by atoms with van der Waals surface area (Å²) >= 11 is 7.14. The highest BCUT2D eigenvalue weighted by Crippen LogP contribution is 2.36. The summed E-state index contributed by atoms with van der Waals surface area (Å²) in [5, 5.41) is 5.70. The summed E-state index contributed by atoms with van der Waals surface area (Å²) in [4.78, 5) is 24.7. The van der Waals surface area contributed by atoms with Crippen LogP contribution in [0, 0.1) is 6.92 Å². The summed E-state index contributed by atoms with van der Waals surface area (Å²) in [5.41, 5.74) is 3.94. The molecular weight excluding hydrogens is 394 g/mol. The number of nitrogens with one attached hydrogen (secondary N) is 1. The standard InChI is InChI=1S/C22H18ClNO3S/c1-14-3-8-16(9-4-14)18-13-28-21(20(18)22(26)27-2)24-19(25)12-7-15-5-10-17(23)11-6-15/h3-13H,1-2H3,(H,24,25). The van der Waals surface area contributed by atoms with Gasteiger partial charge in [0.15, 0.2) is 0 Å². The van der Waals surface area contributed by atoms with Crippen LogP contribution in [0.1, 0.15) is 21.5 Å². The molecule has 0 aliphatic rings. The summed E-state index contributed by atoms with van der Waals surface area (Å²) in [6.45, 7) is 2.00. The van der Waals surface area contributed by atoms with Gasteiger partial charge in [-0.1, -0.05) is 53.6 Å². The lowest BCUT2D eigenvalue weighted by Crippen LogP contribution is -2.11. The summed E-state index contributed by atoms with van der Waals surface area (Å²) in [6.07, 6.45) is 3.09. The third-order valence-corrected chi connectivity index (χ3v) is 5.22. The highest BCUT2D eigenvalue weighted by molar-refractivity contribution is 7.15. The van der Waals surface area contributed by atoms with Crippen molar-refractivity contribution in [3.05, 3.63) is 81.7 Å². The van der Waals surface area contributed by atoms with Crippen LogP contribution in [0.15, 0.2) is 60.0 Å². The molecule has 3 aromatic rings. The molecular formula is C22H18ClNO3S. The number of thiophene rings is 1. The fraction of sp³-hybridized carbons (Fsp3) is 0.0909. The third-order valence-electron chi connectivity index (χ3n) is 4.08. The minimum absolute atomic E-state index is 0.336. The fourth-order valence-electron chi connectivity index (χ4n) is 2.60. The maximum atomic E-state index is 12.4. The first-order valence-electron chi connectivity index (χ1n) is 8.49. The number of benzene rings is 2. The van der Waals surface area contributed by atoms with Crippen molar-refractivity contribution in [1.29, 1.82) is 0 Å². The molecule has 1 amide bonds. The number of halogens is 1. The van der Waals surface area contributed by atoms with E-state index >= 15 is 0 Å². The molecule has 2 aromatic carbocycles. The Bertz CT molecular complexity index is 1020. The van der Waals surface area contributed by atoms with Crippen molar-refractivity contribution in [3.63, 3.8) is 0 Å². The van der Waals surface area contributed by atoms with E-state index < -0.39 is 5.97 Å². The van der Waals surface area contributed by atoms with Gasteiger partial charge in [-0.2, -0.15) is 0 Å². The van der Waals surface area contributed by atoms with Crippen molar-refractivity contribution < 1.29 is 14.3 Å². The van der Waals surface area contributed by atoms with Gasteiger partial charge < -0.3 is 10.1 Å². The van der Waals surface area contributed by atoms with Crippen molar-refractivity contribution in [2.45, 2.75) is 6.92 Å². The largest absolute Gasteiger partial charge is 0.465 e. The lowest BCUT2D eigenvalue weighted by atomic mass is 10.0. The van der Waals surface area contributed by atoms with Gasteiger partial charge in [0, 0.05) is 22.0 Å². The molecule has 0 aliphatic carbocycles. The van der Waals surface area contributed by atoms with Crippen LogP contribution >= 0.6 is 22.9 Å². The van der Waals surface area contributed by atoms with Gasteiger partial charge in [0.1, 0.15) is 10.6 Å². The summed E-state index contributed by atoms with van der Waals surface area (Å²) in [6, 6.07) is 15.0. The summed E-state index contributed by atoms with van der Waals surface area (Å²) in [5.74, 6) is -0.828. The smallest absolute Gasteiger partial charge is 0.341 e. The Kier molecular flexibility index (Phi) is 6.29. The van der Waals surface area contributed by atoms with E-state index in [2.05, 4.69) is 5.32 Å². The van der Waals surface area contributed by atoms with Crippen LogP contribution in [0.4, 0.5) is 5.00 Å². The minimum atomic E-state index is -0.492. The van der Waals surface area contributed by atoms with E-state index in [0.29, 0.717) is 15.6 Å². The number of methoxy groups -OCH3 is 1. The van der Waals surface area contributed by atoms with Gasteiger partial charge in [0.05, 0.1) is 7.11 Å². The first-order chi connectivity index (χ1) is 13.5. The molecule has 0 aliphatic heterocycles. The van der Waals surface area contributed by atoms with Crippen molar-refractivity contribution in [2.24, 2.45) is 0 Å². The molecule has 6 heteroatoms. The number of aryl methyl sites for hydroxylation is 1. The number of ether oxygens (including phenoxy) is 1. The van der Waals surface area contributed by atoms with Gasteiger partial charge in [0.25, 0.3) is 0 Å². The molecule has 1 N–H and O–H groups in total. The highest BCUT2D eigenvalue weighted by atomic mass is 35.5. The molecule has 28 heavy (non-hydrogen) atoms. The van der Waals surface area contributed by atoms with E-state index in [4.69, 9.17) is 16.3 Å². The summed E-state index contributed by atoms with van der Waals surface area (Å²) < 4.78 is 4.93. The molecule has 1 heterocycles. The molecule has 4 nitrogen and oxygen atoms in total. The molecule has 0 saturated heterocycles. The van der Waals surface area contributed by atoms with Crippen LogP contribution in [0.25, 0.3) is 17.2 Å². The number of hydrogen-bond acceptors (Lipinski definition) is 4. The number of hydrogen-bond donors (Lipinski definition) is 1. The minimum Gasteiger partial charge on any atom is -0.465 e. The first-order valence-corrected chi connectivity index (χ1v) is 9.75. The monoisotopic (exact) mass is 411 g/mol. The van der Waals surface area contributed by atoms with Crippen LogP contribution in [0.5, 0.6) is 0 Å². The Hall–Kier alpha value is -2.89. The zero-order chi connectivity index (χ0) is 20.1. The second-order valence-electron chi connectivity index (χ2n) is 6.09. The molecule has 0 saturated carbocycles. The lowest BCUT2D eigenvalue weighted by Gasteiger charge is -2.07. The molecule has 0 unspecified atom stereocenters. The Balaban J connectivity index is 1.85. The Morgan fingerprint density at radius 3 is 2.39 bits per heavy atom. The Labute approximate surface area is 172 Å². The van der Waals surface area contributed by atoms with E-state index in [-0.39, 0.29) is 5.91 Å². The quantitative estimate of drug-likeness (QED) is 0.425. The predicted octanol–water partition coefficient (Wildman–Crippen LogP) is 5.82. The molecule has 3 rings (SSSR count). The van der Waals surface area contributed by atoms with Gasteiger partial charge in [-0.15, -0.1) is 11.3 Å². The number of carbonyl (C=O) groups excluding carboxylic acids is 2. The third kappa shape index (κ3) is 4.68. The number of amides is 1. The van der Waals surface area contributed by atoms with Crippen LogP contribution in [0.3, 0.4) is 0 Å². The fourth-order valence-corrected chi connectivity index (χ4v) is 3.69. The number of carbonyl (C=O) groups is 2. The SMILES string of the molecule is COC(=O)c1c(-c2ccc(C)cc2)csc1NC(=O)C=Cc1ccc(Cl)cc1. The second-order valence-corrected chi connectivity index (χ2v) is 7.40. The van der Waals surface area contributed by atoms with Crippen molar-refractivity contribution in [2.75, 3.05) is 12.4 Å². The topological polar surface area (TPSA) is 55.4 Å². The highest BCUT2D eigenvalue weighted by Gasteiger charge is 2.21. The van der Waals surface area contributed by atoms with Gasteiger partial charge in [-0.05, 0) is 36.3 Å². The van der Waals surface area contributed by atoms with Crippen LogP contribution in [-0.2, 0) is 9.53 Å². The maximum Gasteiger partial charge on any atom is 0.341 e. The molecule has 142 valence electrons. The Morgan fingerprint density at radius 1 is 1.07 bits per heavy atom. The molecule has 0 radical (unpaired) electrons. The molecule has 0 spiro atoms. The van der Waals surface area contributed by atoms with E-state index in [1.54, 1.807) is 18.2 Å². The second kappa shape index (κ2) is 8.87.